The molecule has 2 aromatic carbocycles. The Labute approximate surface area is 270 Å². The van der Waals surface area contributed by atoms with E-state index in [4.69, 9.17) is 23.4 Å². The Kier molecular flexibility index (Phi) is 14.5. The third-order valence-corrected chi connectivity index (χ3v) is 8.02. The van der Waals surface area contributed by atoms with Crippen molar-refractivity contribution < 1.29 is 23.4 Å². The number of unbranched alkanes of at least 4 members (excludes halogenated alkanes) is 1. The second kappa shape index (κ2) is 19.0. The molecule has 3 heterocycles. The number of allylic oxidation sites excluding steroid dienone is 4. The van der Waals surface area contributed by atoms with Gasteiger partial charge in [0.1, 0.15) is 23.4 Å². The minimum Gasteiger partial charge on any atom is -0.493 e. The molecule has 2 aliphatic heterocycles. The molecule has 3 aromatic rings. The lowest BCUT2D eigenvalue weighted by Gasteiger charge is -2.25. The molecule has 0 aliphatic carbocycles. The van der Waals surface area contributed by atoms with Crippen molar-refractivity contribution in [2.75, 3.05) is 26.9 Å². The molecule has 5 rings (SSSR count). The molecule has 2 unspecified atom stereocenters. The quantitative estimate of drug-likeness (QED) is 0.128. The standard InChI is InChI=1S/C20H26O3.C19H27NO2/c1-4-8-17-10-6-11-18(15-17)22-13-7-14-23-19-12-5-9-16(2)20(19)21-3;1-2-3-9-16-12-13-17(22-16)10-5-4-7-15-8-6-11-18(20-15)19-14-21-19/h5-6,9-12,15H,4,7-8,13-14H2,1-3H3;4-5,7,12-13,18-20H,2-3,6,8-11,14H2,1H3/b;5-4+,15-7+. The molecule has 1 N–H and O–H groups in total. The zero-order valence-corrected chi connectivity index (χ0v) is 27.8. The van der Waals surface area contributed by atoms with Crippen LogP contribution < -0.4 is 19.5 Å². The summed E-state index contributed by atoms with van der Waals surface area (Å²) in [7, 11) is 1.67. The summed E-state index contributed by atoms with van der Waals surface area (Å²) in [4.78, 5) is 0. The summed E-state index contributed by atoms with van der Waals surface area (Å²) in [6.45, 7) is 8.58. The normalized spacial score (nSPS) is 18.3. The molecule has 2 saturated heterocycles. The fourth-order valence-corrected chi connectivity index (χ4v) is 5.49. The van der Waals surface area contributed by atoms with E-state index in [1.165, 1.54) is 36.9 Å². The van der Waals surface area contributed by atoms with Crippen LogP contribution in [0.15, 0.2) is 82.9 Å². The fraction of sp³-hybridized carbons (Fsp3) is 0.487. The van der Waals surface area contributed by atoms with Crippen LogP contribution in [-0.2, 0) is 24.0 Å². The van der Waals surface area contributed by atoms with Crippen LogP contribution in [0.1, 0.15) is 81.4 Å². The molecule has 6 nitrogen and oxygen atoms in total. The van der Waals surface area contributed by atoms with Crippen LogP contribution in [0.25, 0.3) is 0 Å². The Balaban J connectivity index is 0.000000205. The number of hydrogen-bond acceptors (Lipinski definition) is 6. The Hall–Kier alpha value is -3.64. The first kappa shape index (κ1) is 34.2. The highest BCUT2D eigenvalue weighted by molar-refractivity contribution is 5.45. The van der Waals surface area contributed by atoms with Gasteiger partial charge in [0.25, 0.3) is 0 Å². The van der Waals surface area contributed by atoms with Crippen LogP contribution in [0.5, 0.6) is 17.2 Å². The van der Waals surface area contributed by atoms with Crippen molar-refractivity contribution >= 4 is 0 Å². The predicted molar refractivity (Wildman–Crippen MR) is 183 cm³/mol. The summed E-state index contributed by atoms with van der Waals surface area (Å²) in [5, 5.41) is 3.60. The Morgan fingerprint density at radius 1 is 0.933 bits per heavy atom. The lowest BCUT2D eigenvalue weighted by atomic mass is 10.00. The summed E-state index contributed by atoms with van der Waals surface area (Å²) < 4.78 is 28.2. The van der Waals surface area contributed by atoms with Crippen molar-refractivity contribution in [2.24, 2.45) is 0 Å². The lowest BCUT2D eigenvalue weighted by Crippen LogP contribution is -2.36. The summed E-state index contributed by atoms with van der Waals surface area (Å²) in [6.07, 6.45) is 18.0. The highest BCUT2D eigenvalue weighted by Gasteiger charge is 2.34. The van der Waals surface area contributed by atoms with Crippen molar-refractivity contribution in [1.29, 1.82) is 0 Å². The molecular weight excluding hydrogens is 562 g/mol. The minimum atomic E-state index is 0.456. The number of hydrogen-bond donors (Lipinski definition) is 1. The van der Waals surface area contributed by atoms with Gasteiger partial charge in [-0.2, -0.15) is 0 Å². The number of piperidine rings is 1. The minimum absolute atomic E-state index is 0.456. The lowest BCUT2D eigenvalue weighted by molar-refractivity contribution is 0.240. The average Bonchev–Trinajstić information content (AvgIpc) is 3.82. The largest absolute Gasteiger partial charge is 0.493 e. The Morgan fingerprint density at radius 2 is 1.76 bits per heavy atom. The number of para-hydroxylation sites is 1. The SMILES string of the molecule is CCCCc1ccc(C/C=C/C=C2\CCCC(C3CO3)N2)o1.CCCc1cccc(OCCCOc2cccc(C)c2OC)c1. The zero-order chi connectivity index (χ0) is 31.7. The van der Waals surface area contributed by atoms with E-state index in [0.717, 1.165) is 79.5 Å². The number of benzene rings is 2. The molecule has 2 atom stereocenters. The summed E-state index contributed by atoms with van der Waals surface area (Å²) in [6, 6.07) is 19.0. The number of methoxy groups -OCH3 is 1. The number of furan rings is 1. The van der Waals surface area contributed by atoms with Gasteiger partial charge in [0.2, 0.25) is 0 Å². The summed E-state index contributed by atoms with van der Waals surface area (Å²) >= 11 is 0. The van der Waals surface area contributed by atoms with Crippen LogP contribution in [0.2, 0.25) is 0 Å². The molecular formula is C39H53NO5. The molecule has 0 spiro atoms. The number of rotatable bonds is 16. The van der Waals surface area contributed by atoms with E-state index in [-0.39, 0.29) is 0 Å². The number of ether oxygens (including phenoxy) is 4. The van der Waals surface area contributed by atoms with Crippen LogP contribution >= 0.6 is 0 Å². The molecule has 45 heavy (non-hydrogen) atoms. The Morgan fingerprint density at radius 3 is 2.56 bits per heavy atom. The molecule has 6 heteroatoms. The second-order valence-corrected chi connectivity index (χ2v) is 11.9. The van der Waals surface area contributed by atoms with E-state index >= 15 is 0 Å². The molecule has 244 valence electrons. The molecule has 2 fully saturated rings. The third-order valence-electron chi connectivity index (χ3n) is 8.02. The number of aryl methyl sites for hydroxylation is 3. The van der Waals surface area contributed by atoms with Gasteiger partial charge in [0, 0.05) is 25.0 Å². The van der Waals surface area contributed by atoms with E-state index in [9.17, 15) is 0 Å². The molecule has 1 aromatic heterocycles. The van der Waals surface area contributed by atoms with Gasteiger partial charge in [0.15, 0.2) is 11.5 Å². The van der Waals surface area contributed by atoms with Gasteiger partial charge >= 0.3 is 0 Å². The Bertz CT molecular complexity index is 1340. The van der Waals surface area contributed by atoms with Crippen molar-refractivity contribution in [3.63, 3.8) is 0 Å². The molecule has 0 bridgehead atoms. The topological polar surface area (TPSA) is 65.4 Å². The van der Waals surface area contributed by atoms with E-state index in [1.54, 1.807) is 7.11 Å². The monoisotopic (exact) mass is 615 g/mol. The number of nitrogens with one attached hydrogen (secondary N) is 1. The van der Waals surface area contributed by atoms with Gasteiger partial charge < -0.3 is 28.7 Å². The summed E-state index contributed by atoms with van der Waals surface area (Å²) in [5.41, 5.74) is 3.74. The smallest absolute Gasteiger partial charge is 0.163 e. The van der Waals surface area contributed by atoms with Crippen LogP contribution in [-0.4, -0.2) is 39.1 Å². The molecule has 0 radical (unpaired) electrons. The predicted octanol–water partition coefficient (Wildman–Crippen LogP) is 8.95. The van der Waals surface area contributed by atoms with Gasteiger partial charge in [-0.1, -0.05) is 63.1 Å². The van der Waals surface area contributed by atoms with Crippen molar-refractivity contribution in [3.05, 3.63) is 101 Å². The van der Waals surface area contributed by atoms with E-state index in [2.05, 4.69) is 67.7 Å². The van der Waals surface area contributed by atoms with Gasteiger partial charge in [0.05, 0.1) is 33.0 Å². The van der Waals surface area contributed by atoms with E-state index in [0.29, 0.717) is 25.4 Å². The van der Waals surface area contributed by atoms with Gasteiger partial charge in [-0.15, -0.1) is 0 Å². The first-order valence-corrected chi connectivity index (χ1v) is 16.9. The average molecular weight is 616 g/mol. The van der Waals surface area contributed by atoms with Crippen LogP contribution in [0.4, 0.5) is 0 Å². The zero-order valence-electron chi connectivity index (χ0n) is 27.8. The molecule has 0 saturated carbocycles. The number of epoxide rings is 1. The highest BCUT2D eigenvalue weighted by Crippen LogP contribution is 2.30. The third kappa shape index (κ3) is 12.0. The van der Waals surface area contributed by atoms with Crippen LogP contribution in [0.3, 0.4) is 0 Å². The van der Waals surface area contributed by atoms with Crippen molar-refractivity contribution in [2.45, 2.75) is 97.1 Å². The van der Waals surface area contributed by atoms with Crippen LogP contribution in [0, 0.1) is 6.92 Å². The summed E-state index contributed by atoms with van der Waals surface area (Å²) in [5.74, 6) is 4.70. The first-order valence-electron chi connectivity index (χ1n) is 16.9. The maximum atomic E-state index is 5.83. The maximum Gasteiger partial charge on any atom is 0.163 e. The van der Waals surface area contributed by atoms with Crippen molar-refractivity contribution in [3.8, 4) is 17.2 Å². The van der Waals surface area contributed by atoms with E-state index < -0.39 is 0 Å². The second-order valence-electron chi connectivity index (χ2n) is 11.9. The molecule has 2 aliphatic rings. The van der Waals surface area contributed by atoms with Gasteiger partial charge in [-0.25, -0.2) is 0 Å². The van der Waals surface area contributed by atoms with Crippen molar-refractivity contribution in [1.82, 2.24) is 5.32 Å². The van der Waals surface area contributed by atoms with Gasteiger partial charge in [-0.05, 0) is 86.6 Å². The first-order chi connectivity index (χ1) is 22.1. The van der Waals surface area contributed by atoms with Gasteiger partial charge in [-0.3, -0.25) is 0 Å². The molecule has 0 amide bonds. The van der Waals surface area contributed by atoms with E-state index in [1.807, 2.05) is 31.2 Å². The maximum absolute atomic E-state index is 5.83. The highest BCUT2D eigenvalue weighted by atomic mass is 16.6. The fourth-order valence-electron chi connectivity index (χ4n) is 5.49.